The zero-order chi connectivity index (χ0) is 23.8. The Morgan fingerprint density at radius 1 is 1.37 bits per heavy atom. The molecule has 35 heavy (non-hydrogen) atoms. The van der Waals surface area contributed by atoms with Crippen LogP contribution < -0.4 is 15.8 Å². The van der Waals surface area contributed by atoms with Gasteiger partial charge in [-0.05, 0) is 39.1 Å². The SMILES string of the molecule is C[C@H](N)CN(C)CCCNc1ncnc2[nH]c(O)c(C=Nc3cccc(OCC(=O)O)c3)c12.Cl.Cl. The molecule has 1 atom stereocenters. The van der Waals surface area contributed by atoms with Gasteiger partial charge in [-0.1, -0.05) is 6.07 Å². The van der Waals surface area contributed by atoms with Gasteiger partial charge in [0.25, 0.3) is 0 Å². The number of ether oxygens (including phenoxy) is 1. The van der Waals surface area contributed by atoms with Gasteiger partial charge in [-0.15, -0.1) is 24.8 Å². The number of H-pyrrole nitrogens is 1. The van der Waals surface area contributed by atoms with Crippen molar-refractivity contribution in [1.29, 1.82) is 0 Å². The van der Waals surface area contributed by atoms with Gasteiger partial charge in [0.05, 0.1) is 16.6 Å². The molecule has 2 aromatic heterocycles. The van der Waals surface area contributed by atoms with E-state index in [1.807, 2.05) is 14.0 Å². The van der Waals surface area contributed by atoms with E-state index in [4.69, 9.17) is 15.6 Å². The van der Waals surface area contributed by atoms with Gasteiger partial charge in [-0.2, -0.15) is 0 Å². The van der Waals surface area contributed by atoms with Crippen LogP contribution in [0.4, 0.5) is 11.5 Å². The fourth-order valence-corrected chi connectivity index (χ4v) is 3.37. The highest BCUT2D eigenvalue weighted by Gasteiger charge is 2.15. The fraction of sp³-hybridized carbons (Fsp3) is 0.364. The largest absolute Gasteiger partial charge is 0.494 e. The molecule has 0 saturated carbocycles. The minimum atomic E-state index is -1.06. The first-order chi connectivity index (χ1) is 15.8. The van der Waals surface area contributed by atoms with Crippen LogP contribution in [-0.4, -0.2) is 81.6 Å². The van der Waals surface area contributed by atoms with E-state index >= 15 is 0 Å². The molecule has 192 valence electrons. The summed E-state index contributed by atoms with van der Waals surface area (Å²) in [5, 5.41) is 23.1. The van der Waals surface area contributed by atoms with E-state index < -0.39 is 12.6 Å². The minimum absolute atomic E-state index is 0. The molecule has 2 heterocycles. The van der Waals surface area contributed by atoms with Gasteiger partial charge in [0.1, 0.15) is 23.5 Å². The molecular weight excluding hydrogens is 497 g/mol. The lowest BCUT2D eigenvalue weighted by molar-refractivity contribution is -0.139. The number of fused-ring (bicyclic) bond motifs is 1. The number of carbonyl (C=O) groups is 1. The highest BCUT2D eigenvalue weighted by molar-refractivity contribution is 6.06. The molecule has 0 unspecified atom stereocenters. The molecule has 0 aliphatic rings. The van der Waals surface area contributed by atoms with Crippen LogP contribution in [0.2, 0.25) is 0 Å². The van der Waals surface area contributed by atoms with Gasteiger partial charge >= 0.3 is 5.97 Å². The molecule has 3 rings (SSSR count). The summed E-state index contributed by atoms with van der Waals surface area (Å²) in [4.78, 5) is 28.6. The van der Waals surface area contributed by atoms with Gasteiger partial charge < -0.3 is 35.9 Å². The summed E-state index contributed by atoms with van der Waals surface area (Å²) < 4.78 is 5.18. The van der Waals surface area contributed by atoms with Crippen molar-refractivity contribution in [3.05, 3.63) is 36.2 Å². The molecule has 0 aliphatic heterocycles. The molecule has 3 aromatic rings. The fourth-order valence-electron chi connectivity index (χ4n) is 3.37. The van der Waals surface area contributed by atoms with Crippen molar-refractivity contribution in [2.45, 2.75) is 19.4 Å². The van der Waals surface area contributed by atoms with Gasteiger partial charge in [-0.25, -0.2) is 14.8 Å². The number of benzene rings is 1. The number of nitrogens with one attached hydrogen (secondary N) is 2. The second-order valence-corrected chi connectivity index (χ2v) is 7.79. The van der Waals surface area contributed by atoms with E-state index in [2.05, 4.69) is 30.2 Å². The third-order valence-electron chi connectivity index (χ3n) is 4.74. The summed E-state index contributed by atoms with van der Waals surface area (Å²) >= 11 is 0. The van der Waals surface area contributed by atoms with Crippen molar-refractivity contribution in [3.63, 3.8) is 0 Å². The Hall–Kier alpha value is -3.12. The number of aliphatic carboxylic acids is 1. The van der Waals surface area contributed by atoms with E-state index in [0.717, 1.165) is 19.5 Å². The smallest absolute Gasteiger partial charge is 0.341 e. The number of carboxylic acids is 1. The number of carboxylic acid groups (broad SMARTS) is 1. The van der Waals surface area contributed by atoms with E-state index in [-0.39, 0.29) is 36.7 Å². The first-order valence-electron chi connectivity index (χ1n) is 10.6. The van der Waals surface area contributed by atoms with Crippen molar-refractivity contribution in [2.75, 3.05) is 38.6 Å². The summed E-state index contributed by atoms with van der Waals surface area (Å²) in [6, 6.07) is 6.83. The second-order valence-electron chi connectivity index (χ2n) is 7.79. The Morgan fingerprint density at radius 2 is 2.14 bits per heavy atom. The number of rotatable bonds is 12. The number of aliphatic imine (C=N–C) groups is 1. The minimum Gasteiger partial charge on any atom is -0.494 e. The van der Waals surface area contributed by atoms with Crippen LogP contribution >= 0.6 is 24.8 Å². The standard InChI is InChI=1S/C22H29N7O4.2ClH/c1-14(23)11-29(2)8-4-7-24-20-19-17(22(32)28-21(19)27-13-26-20)10-25-15-5-3-6-16(9-15)33-12-18(30)31;;/h3,5-6,9-10,13-14,32H,4,7-8,11-12,23H2,1-2H3,(H,30,31)(H2,24,26,27,28);2*1H/t14-;;/m0../s1. The lowest BCUT2D eigenvalue weighted by Crippen LogP contribution is -2.33. The number of aromatic amines is 1. The Kier molecular flexibility index (Phi) is 12.2. The number of likely N-dealkylation sites (N-methyl/N-ethyl adjacent to an activating group) is 1. The Morgan fingerprint density at radius 3 is 2.86 bits per heavy atom. The van der Waals surface area contributed by atoms with Crippen LogP contribution in [0, 0.1) is 0 Å². The number of halogens is 2. The third kappa shape index (κ3) is 8.87. The molecule has 0 aliphatic carbocycles. The van der Waals surface area contributed by atoms with Gasteiger partial charge in [0.2, 0.25) is 0 Å². The molecule has 1 aromatic carbocycles. The van der Waals surface area contributed by atoms with Crippen molar-refractivity contribution in [3.8, 4) is 11.6 Å². The summed E-state index contributed by atoms with van der Waals surface area (Å²) in [5.41, 5.74) is 7.30. The van der Waals surface area contributed by atoms with Crippen molar-refractivity contribution >= 4 is 59.5 Å². The maximum atomic E-state index is 10.7. The molecule has 6 N–H and O–H groups in total. The molecule has 11 nitrogen and oxygen atoms in total. The number of nitrogens with two attached hydrogens (primary N) is 1. The predicted octanol–water partition coefficient (Wildman–Crippen LogP) is 2.80. The zero-order valence-corrected chi connectivity index (χ0v) is 21.1. The number of nitrogens with zero attached hydrogens (tertiary/aromatic N) is 4. The molecule has 0 spiro atoms. The molecule has 0 amide bonds. The number of aromatic hydroxyl groups is 1. The van der Waals surface area contributed by atoms with Crippen LogP contribution in [-0.2, 0) is 4.79 Å². The van der Waals surface area contributed by atoms with E-state index in [0.29, 0.717) is 40.4 Å². The van der Waals surface area contributed by atoms with Crippen molar-refractivity contribution in [1.82, 2.24) is 19.9 Å². The van der Waals surface area contributed by atoms with Crippen LogP contribution in [0.5, 0.6) is 11.6 Å². The Balaban J connectivity index is 0.00000306. The summed E-state index contributed by atoms with van der Waals surface area (Å²) in [7, 11) is 2.03. The highest BCUT2D eigenvalue weighted by Crippen LogP contribution is 2.30. The van der Waals surface area contributed by atoms with Crippen LogP contribution in [0.3, 0.4) is 0 Å². The average Bonchev–Trinajstić information content (AvgIpc) is 3.09. The molecule has 0 radical (unpaired) electrons. The number of hydrogen-bond acceptors (Lipinski definition) is 9. The topological polar surface area (TPSA) is 162 Å². The normalized spacial score (nSPS) is 11.8. The third-order valence-corrected chi connectivity index (χ3v) is 4.74. The van der Waals surface area contributed by atoms with Gasteiger partial charge in [0.15, 0.2) is 12.5 Å². The quantitative estimate of drug-likeness (QED) is 0.176. The summed E-state index contributed by atoms with van der Waals surface area (Å²) in [5.74, 6) is -0.165. The first-order valence-corrected chi connectivity index (χ1v) is 10.6. The lowest BCUT2D eigenvalue weighted by Gasteiger charge is -2.18. The summed E-state index contributed by atoms with van der Waals surface area (Å²) in [6.07, 6.45) is 3.82. The Labute approximate surface area is 215 Å². The lowest BCUT2D eigenvalue weighted by atomic mass is 10.2. The van der Waals surface area contributed by atoms with E-state index in [1.54, 1.807) is 24.3 Å². The zero-order valence-electron chi connectivity index (χ0n) is 19.5. The summed E-state index contributed by atoms with van der Waals surface area (Å²) in [6.45, 7) is 3.93. The van der Waals surface area contributed by atoms with Crippen LogP contribution in [0.25, 0.3) is 11.0 Å². The molecule has 13 heteroatoms. The van der Waals surface area contributed by atoms with E-state index in [1.165, 1.54) is 12.5 Å². The molecular formula is C22H31Cl2N7O4. The van der Waals surface area contributed by atoms with Gasteiger partial charge in [-0.3, -0.25) is 4.99 Å². The number of hydrogen-bond donors (Lipinski definition) is 5. The number of aromatic nitrogens is 3. The maximum absolute atomic E-state index is 10.7. The molecule has 0 saturated heterocycles. The Bertz CT molecular complexity index is 1120. The second kappa shape index (κ2) is 14.3. The van der Waals surface area contributed by atoms with Crippen molar-refractivity contribution < 1.29 is 19.7 Å². The average molecular weight is 528 g/mol. The molecule has 0 fully saturated rings. The van der Waals surface area contributed by atoms with Crippen molar-refractivity contribution in [2.24, 2.45) is 10.7 Å². The van der Waals surface area contributed by atoms with Crippen LogP contribution in [0.1, 0.15) is 18.9 Å². The van der Waals surface area contributed by atoms with E-state index in [9.17, 15) is 9.90 Å². The number of anilines is 1. The molecule has 0 bridgehead atoms. The monoisotopic (exact) mass is 527 g/mol. The predicted molar refractivity (Wildman–Crippen MR) is 141 cm³/mol. The maximum Gasteiger partial charge on any atom is 0.341 e. The van der Waals surface area contributed by atoms with Crippen LogP contribution in [0.15, 0.2) is 35.6 Å². The first kappa shape index (κ1) is 29.9. The van der Waals surface area contributed by atoms with Gasteiger partial charge in [0, 0.05) is 31.4 Å². The highest BCUT2D eigenvalue weighted by atomic mass is 35.5.